The number of rotatable bonds is 26. The molecule has 9 heteroatoms. The van der Waals surface area contributed by atoms with Crippen molar-refractivity contribution in [1.82, 2.24) is 0 Å². The third-order valence-electron chi connectivity index (χ3n) is 4.26. The summed E-state index contributed by atoms with van der Waals surface area (Å²) in [5.74, 6) is -0.376. The van der Waals surface area contributed by atoms with Gasteiger partial charge in [-0.25, -0.2) is 4.79 Å². The average molecular weight is 495 g/mol. The second-order valence-electron chi connectivity index (χ2n) is 8.73. The molecular formula is C25H50O9. The largest absolute Gasteiger partial charge is 0.458 e. The summed E-state index contributed by atoms with van der Waals surface area (Å²) in [7, 11) is 0. The molecule has 0 rings (SSSR count). The minimum Gasteiger partial charge on any atom is -0.458 e. The number of hydrogen-bond donors (Lipinski definition) is 0. The minimum atomic E-state index is -0.498. The highest BCUT2D eigenvalue weighted by Gasteiger charge is 2.15. The molecule has 34 heavy (non-hydrogen) atoms. The maximum Gasteiger partial charge on any atom is 0.332 e. The topological polar surface area (TPSA) is 90.9 Å². The Hall–Kier alpha value is -0.810. The van der Waals surface area contributed by atoms with Crippen molar-refractivity contribution in [2.45, 2.75) is 65.4 Å². The van der Waals surface area contributed by atoms with Crippen molar-refractivity contribution in [2.24, 2.45) is 0 Å². The molecule has 0 saturated heterocycles. The molecule has 0 radical (unpaired) electrons. The van der Waals surface area contributed by atoms with E-state index in [1.54, 1.807) is 0 Å². The number of carbonyl (C=O) groups is 1. The summed E-state index contributed by atoms with van der Waals surface area (Å²) in [6.07, 6.45) is 6.27. The van der Waals surface area contributed by atoms with Crippen LogP contribution in [-0.2, 0) is 42.7 Å². The van der Waals surface area contributed by atoms with Crippen LogP contribution in [0, 0.1) is 0 Å². The van der Waals surface area contributed by atoms with Crippen molar-refractivity contribution in [1.29, 1.82) is 0 Å². The first-order valence-electron chi connectivity index (χ1n) is 12.7. The lowest BCUT2D eigenvalue weighted by molar-refractivity contribution is -0.160. The van der Waals surface area contributed by atoms with Gasteiger partial charge in [-0.05, 0) is 27.2 Å². The predicted octanol–water partition coefficient (Wildman–Crippen LogP) is 3.41. The van der Waals surface area contributed by atoms with Gasteiger partial charge in [-0.15, -0.1) is 0 Å². The van der Waals surface area contributed by atoms with E-state index in [2.05, 4.69) is 6.92 Å². The maximum atomic E-state index is 11.5. The Morgan fingerprint density at radius 2 is 0.853 bits per heavy atom. The van der Waals surface area contributed by atoms with Gasteiger partial charge in [-0.2, -0.15) is 0 Å². The molecule has 0 aromatic rings. The molecule has 204 valence electrons. The summed E-state index contributed by atoms with van der Waals surface area (Å²) in [6, 6.07) is 0. The van der Waals surface area contributed by atoms with Crippen molar-refractivity contribution in [3.8, 4) is 0 Å². The molecule has 0 aliphatic rings. The van der Waals surface area contributed by atoms with Crippen LogP contribution in [-0.4, -0.2) is 104 Å². The summed E-state index contributed by atoms with van der Waals surface area (Å²) >= 11 is 0. The van der Waals surface area contributed by atoms with E-state index in [9.17, 15) is 4.79 Å². The van der Waals surface area contributed by atoms with Crippen LogP contribution in [0.15, 0.2) is 0 Å². The van der Waals surface area contributed by atoms with Gasteiger partial charge >= 0.3 is 5.97 Å². The van der Waals surface area contributed by atoms with Crippen molar-refractivity contribution in [3.63, 3.8) is 0 Å². The predicted molar refractivity (Wildman–Crippen MR) is 130 cm³/mol. The van der Waals surface area contributed by atoms with Gasteiger partial charge in [0.1, 0.15) is 12.2 Å². The molecule has 0 aliphatic carbocycles. The molecule has 0 heterocycles. The summed E-state index contributed by atoms with van der Waals surface area (Å²) in [6.45, 7) is 14.5. The second kappa shape index (κ2) is 25.3. The lowest BCUT2D eigenvalue weighted by Crippen LogP contribution is -2.27. The van der Waals surface area contributed by atoms with Gasteiger partial charge in [-0.1, -0.05) is 32.6 Å². The van der Waals surface area contributed by atoms with Crippen molar-refractivity contribution in [3.05, 3.63) is 0 Å². The first-order valence-corrected chi connectivity index (χ1v) is 12.7. The van der Waals surface area contributed by atoms with Gasteiger partial charge < -0.3 is 37.9 Å². The van der Waals surface area contributed by atoms with Gasteiger partial charge in [-0.3, -0.25) is 0 Å². The summed E-state index contributed by atoms with van der Waals surface area (Å²) in [4.78, 5) is 11.5. The van der Waals surface area contributed by atoms with Gasteiger partial charge in [0.2, 0.25) is 0 Å². The van der Waals surface area contributed by atoms with E-state index in [1.807, 2.05) is 20.8 Å². The zero-order chi connectivity index (χ0) is 25.2. The fourth-order valence-corrected chi connectivity index (χ4v) is 2.65. The fourth-order valence-electron chi connectivity index (χ4n) is 2.65. The minimum absolute atomic E-state index is 0.0700. The van der Waals surface area contributed by atoms with Crippen molar-refractivity contribution >= 4 is 5.97 Å². The Kier molecular flexibility index (Phi) is 24.7. The van der Waals surface area contributed by atoms with Crippen molar-refractivity contribution < 1.29 is 42.7 Å². The van der Waals surface area contributed by atoms with Crippen molar-refractivity contribution in [2.75, 3.05) is 92.5 Å². The summed E-state index contributed by atoms with van der Waals surface area (Å²) in [5.41, 5.74) is -0.498. The lowest BCUT2D eigenvalue weighted by Gasteiger charge is -2.19. The van der Waals surface area contributed by atoms with Crippen LogP contribution in [0.3, 0.4) is 0 Å². The molecule has 0 bridgehead atoms. The van der Waals surface area contributed by atoms with E-state index in [1.165, 1.54) is 25.7 Å². The van der Waals surface area contributed by atoms with E-state index in [0.29, 0.717) is 79.3 Å². The summed E-state index contributed by atoms with van der Waals surface area (Å²) in [5, 5.41) is 0. The number of unbranched alkanes of at least 4 members (excludes halogenated alkanes) is 4. The molecule has 0 fully saturated rings. The highest BCUT2D eigenvalue weighted by atomic mass is 16.6. The smallest absolute Gasteiger partial charge is 0.332 e. The summed E-state index contributed by atoms with van der Waals surface area (Å²) < 4.78 is 43.0. The molecule has 9 nitrogen and oxygen atoms in total. The number of carbonyl (C=O) groups excluding carboxylic acids is 1. The Labute approximate surface area is 207 Å². The molecule has 0 amide bonds. The number of esters is 1. The standard InChI is InChI=1S/C25H50O9/c1-5-6-7-8-9-10-27-11-12-28-13-14-29-15-16-30-17-18-31-19-20-32-21-22-33-23-24(26)34-25(2,3)4/h5-23H2,1-4H3. The Morgan fingerprint density at radius 3 is 1.24 bits per heavy atom. The number of ether oxygens (including phenoxy) is 8. The van der Waals surface area contributed by atoms with Crippen LogP contribution in [0.5, 0.6) is 0 Å². The fraction of sp³-hybridized carbons (Fsp3) is 0.960. The molecule has 0 unspecified atom stereocenters. The van der Waals surface area contributed by atoms with E-state index < -0.39 is 5.60 Å². The molecular weight excluding hydrogens is 444 g/mol. The monoisotopic (exact) mass is 494 g/mol. The third-order valence-corrected chi connectivity index (χ3v) is 4.26. The van der Waals surface area contributed by atoms with Gasteiger partial charge in [0.25, 0.3) is 0 Å². The molecule has 0 atom stereocenters. The van der Waals surface area contributed by atoms with E-state index in [0.717, 1.165) is 13.0 Å². The molecule has 0 aromatic heterocycles. The zero-order valence-corrected chi connectivity index (χ0v) is 22.1. The van der Waals surface area contributed by atoms with Crippen LogP contribution in [0.4, 0.5) is 0 Å². The normalized spacial score (nSPS) is 11.8. The Morgan fingerprint density at radius 1 is 0.500 bits per heavy atom. The molecule has 0 aromatic carbocycles. The quantitative estimate of drug-likeness (QED) is 0.132. The molecule has 0 saturated carbocycles. The van der Waals surface area contributed by atoms with Crippen LogP contribution in [0.1, 0.15) is 59.8 Å². The van der Waals surface area contributed by atoms with Gasteiger partial charge in [0.15, 0.2) is 0 Å². The van der Waals surface area contributed by atoms with E-state index >= 15 is 0 Å². The molecule has 0 N–H and O–H groups in total. The Bertz CT molecular complexity index is 427. The third kappa shape index (κ3) is 29.2. The average Bonchev–Trinajstić information content (AvgIpc) is 2.78. The SMILES string of the molecule is CCCCCCCOCCOCCOCCOCCOCCOCCOCC(=O)OC(C)(C)C. The molecule has 0 aliphatic heterocycles. The zero-order valence-electron chi connectivity index (χ0n) is 22.1. The first-order chi connectivity index (χ1) is 16.5. The van der Waals surface area contributed by atoms with Gasteiger partial charge in [0, 0.05) is 6.61 Å². The van der Waals surface area contributed by atoms with E-state index in [4.69, 9.17) is 37.9 Å². The highest BCUT2D eigenvalue weighted by Crippen LogP contribution is 2.06. The van der Waals surface area contributed by atoms with Gasteiger partial charge in [0.05, 0.1) is 79.3 Å². The van der Waals surface area contributed by atoms with Crippen LogP contribution in [0.2, 0.25) is 0 Å². The van der Waals surface area contributed by atoms with Crippen LogP contribution >= 0.6 is 0 Å². The second-order valence-corrected chi connectivity index (χ2v) is 8.73. The highest BCUT2D eigenvalue weighted by molar-refractivity contribution is 5.71. The maximum absolute atomic E-state index is 11.5. The number of hydrogen-bond acceptors (Lipinski definition) is 9. The van der Waals surface area contributed by atoms with E-state index in [-0.39, 0.29) is 12.6 Å². The Balaban J connectivity index is 3.10. The van der Waals surface area contributed by atoms with Crippen LogP contribution in [0.25, 0.3) is 0 Å². The molecule has 0 spiro atoms. The first kappa shape index (κ1) is 33.2. The lowest BCUT2D eigenvalue weighted by atomic mass is 10.2. The van der Waals surface area contributed by atoms with Crippen LogP contribution < -0.4 is 0 Å².